The lowest BCUT2D eigenvalue weighted by Gasteiger charge is -2.22. The lowest BCUT2D eigenvalue weighted by molar-refractivity contribution is -0.145. The molecule has 0 aromatic rings. The van der Waals surface area contributed by atoms with E-state index in [0.717, 1.165) is 12.8 Å². The summed E-state index contributed by atoms with van der Waals surface area (Å²) < 4.78 is 10.1. The van der Waals surface area contributed by atoms with Gasteiger partial charge in [0.05, 0.1) is 6.61 Å². The van der Waals surface area contributed by atoms with Gasteiger partial charge in [0.15, 0.2) is 0 Å². The van der Waals surface area contributed by atoms with E-state index in [4.69, 9.17) is 9.47 Å². The van der Waals surface area contributed by atoms with Crippen molar-refractivity contribution in [2.24, 2.45) is 0 Å². The molecule has 0 aliphatic rings. The smallest absolute Gasteiger partial charge is 0.408 e. The van der Waals surface area contributed by atoms with Crippen molar-refractivity contribution in [1.29, 1.82) is 0 Å². The highest BCUT2D eigenvalue weighted by molar-refractivity contribution is 5.81. The zero-order chi connectivity index (χ0) is 14.9. The molecule has 0 aliphatic carbocycles. The average Bonchev–Trinajstić information content (AvgIpc) is 2.25. The molecule has 110 valence electrons. The lowest BCUT2D eigenvalue weighted by atomic mass is 10.1. The van der Waals surface area contributed by atoms with E-state index in [1.807, 2.05) is 0 Å². The summed E-state index contributed by atoms with van der Waals surface area (Å²) in [6.07, 6.45) is 3.21. The minimum absolute atomic E-state index is 0.285. The number of nitrogens with one attached hydrogen (secondary N) is 1. The first-order valence-corrected chi connectivity index (χ1v) is 6.57. The molecule has 19 heavy (non-hydrogen) atoms. The molecule has 0 bridgehead atoms. The van der Waals surface area contributed by atoms with Gasteiger partial charge in [0.2, 0.25) is 0 Å². The van der Waals surface area contributed by atoms with Crippen LogP contribution in [0.2, 0.25) is 0 Å². The molecular weight excluding hydrogens is 246 g/mol. The number of alkyl carbamates (subject to hydrolysis) is 1. The standard InChI is InChI=1S/C14H25NO4/c1-6-8-9-10-11(12(16)18-7-2)15-13(17)19-14(3,4)5/h6,11H,1,7-10H2,2-5H3,(H,15,17)/t11-/m1/s1. The third kappa shape index (κ3) is 9.11. The minimum Gasteiger partial charge on any atom is -0.464 e. The summed E-state index contributed by atoms with van der Waals surface area (Å²) in [6.45, 7) is 10.9. The number of unbranched alkanes of at least 4 members (excludes halogenated alkanes) is 1. The molecule has 1 atom stereocenters. The van der Waals surface area contributed by atoms with Gasteiger partial charge >= 0.3 is 12.1 Å². The number of esters is 1. The number of allylic oxidation sites excluding steroid dienone is 1. The summed E-state index contributed by atoms with van der Waals surface area (Å²) >= 11 is 0. The Hall–Kier alpha value is -1.52. The van der Waals surface area contributed by atoms with Gasteiger partial charge in [-0.3, -0.25) is 0 Å². The van der Waals surface area contributed by atoms with Crippen LogP contribution in [0.5, 0.6) is 0 Å². The van der Waals surface area contributed by atoms with Crippen molar-refractivity contribution >= 4 is 12.1 Å². The Morgan fingerprint density at radius 2 is 2.00 bits per heavy atom. The predicted octanol–water partition coefficient (Wildman–Crippen LogP) is 2.80. The first-order valence-electron chi connectivity index (χ1n) is 6.57. The molecule has 0 saturated carbocycles. The van der Waals surface area contributed by atoms with Crippen LogP contribution in [0.3, 0.4) is 0 Å². The number of hydrogen-bond donors (Lipinski definition) is 1. The Labute approximate surface area is 115 Å². The van der Waals surface area contributed by atoms with Gasteiger partial charge in [-0.05, 0) is 47.0 Å². The van der Waals surface area contributed by atoms with Crippen LogP contribution in [0, 0.1) is 0 Å². The number of amides is 1. The van der Waals surface area contributed by atoms with Gasteiger partial charge < -0.3 is 14.8 Å². The lowest BCUT2D eigenvalue weighted by Crippen LogP contribution is -2.44. The van der Waals surface area contributed by atoms with E-state index in [1.54, 1.807) is 33.8 Å². The summed E-state index contributed by atoms with van der Waals surface area (Å²) in [5, 5.41) is 2.55. The average molecular weight is 271 g/mol. The van der Waals surface area contributed by atoms with Crippen molar-refractivity contribution < 1.29 is 19.1 Å². The molecule has 0 aliphatic heterocycles. The van der Waals surface area contributed by atoms with E-state index in [9.17, 15) is 9.59 Å². The minimum atomic E-state index is -0.672. The van der Waals surface area contributed by atoms with E-state index >= 15 is 0 Å². The van der Waals surface area contributed by atoms with Gasteiger partial charge in [-0.1, -0.05) is 6.08 Å². The van der Waals surface area contributed by atoms with E-state index in [0.29, 0.717) is 6.42 Å². The van der Waals surface area contributed by atoms with Gasteiger partial charge in [0.25, 0.3) is 0 Å². The van der Waals surface area contributed by atoms with Crippen LogP contribution in [0.15, 0.2) is 12.7 Å². The van der Waals surface area contributed by atoms with Crippen molar-refractivity contribution in [3.05, 3.63) is 12.7 Å². The second-order valence-electron chi connectivity index (χ2n) is 5.17. The van der Waals surface area contributed by atoms with Crippen molar-refractivity contribution in [3.8, 4) is 0 Å². The van der Waals surface area contributed by atoms with E-state index < -0.39 is 23.7 Å². The maximum absolute atomic E-state index is 11.7. The van der Waals surface area contributed by atoms with Crippen LogP contribution < -0.4 is 5.32 Å². The Balaban J connectivity index is 4.43. The summed E-state index contributed by atoms with van der Waals surface area (Å²) in [5.41, 5.74) is -0.593. The van der Waals surface area contributed by atoms with Crippen LogP contribution in [0.4, 0.5) is 4.79 Å². The van der Waals surface area contributed by atoms with Crippen LogP contribution in [-0.4, -0.2) is 30.3 Å². The first-order chi connectivity index (χ1) is 8.80. The maximum atomic E-state index is 11.7. The van der Waals surface area contributed by atoms with Crippen molar-refractivity contribution in [3.63, 3.8) is 0 Å². The molecule has 0 spiro atoms. The molecule has 1 N–H and O–H groups in total. The fourth-order valence-corrected chi connectivity index (χ4v) is 1.41. The van der Waals surface area contributed by atoms with Crippen LogP contribution in [0.1, 0.15) is 47.0 Å². The molecule has 0 radical (unpaired) electrons. The van der Waals surface area contributed by atoms with Crippen LogP contribution >= 0.6 is 0 Å². The van der Waals surface area contributed by atoms with Crippen LogP contribution in [0.25, 0.3) is 0 Å². The Morgan fingerprint density at radius 3 is 2.47 bits per heavy atom. The fourth-order valence-electron chi connectivity index (χ4n) is 1.41. The number of rotatable bonds is 7. The number of carbonyl (C=O) groups is 2. The Morgan fingerprint density at radius 1 is 1.37 bits per heavy atom. The highest BCUT2D eigenvalue weighted by Gasteiger charge is 2.24. The number of carbonyl (C=O) groups excluding carboxylic acids is 2. The largest absolute Gasteiger partial charge is 0.464 e. The van der Waals surface area contributed by atoms with Crippen molar-refractivity contribution in [2.45, 2.75) is 58.6 Å². The SMILES string of the molecule is C=CCCC[C@@H](NC(=O)OC(C)(C)C)C(=O)OCC. The number of hydrogen-bond acceptors (Lipinski definition) is 4. The van der Waals surface area contributed by atoms with Crippen molar-refractivity contribution in [1.82, 2.24) is 5.32 Å². The Kier molecular flexibility index (Phi) is 7.87. The predicted molar refractivity (Wildman–Crippen MR) is 73.8 cm³/mol. The summed E-state index contributed by atoms with van der Waals surface area (Å²) in [6, 6.07) is -0.672. The van der Waals surface area contributed by atoms with E-state index in [2.05, 4.69) is 11.9 Å². The molecular formula is C14H25NO4. The number of ether oxygens (including phenoxy) is 2. The van der Waals surface area contributed by atoms with Gasteiger partial charge in [-0.25, -0.2) is 9.59 Å². The molecule has 0 fully saturated rings. The van der Waals surface area contributed by atoms with Gasteiger partial charge in [0, 0.05) is 0 Å². The molecule has 0 heterocycles. The van der Waals surface area contributed by atoms with Gasteiger partial charge in [-0.15, -0.1) is 6.58 Å². The monoisotopic (exact) mass is 271 g/mol. The summed E-state index contributed by atoms with van der Waals surface area (Å²) in [7, 11) is 0. The van der Waals surface area contributed by atoms with Crippen molar-refractivity contribution in [2.75, 3.05) is 6.61 Å². The maximum Gasteiger partial charge on any atom is 0.408 e. The van der Waals surface area contributed by atoms with Gasteiger partial charge in [-0.2, -0.15) is 0 Å². The molecule has 1 amide bonds. The second-order valence-corrected chi connectivity index (χ2v) is 5.17. The topological polar surface area (TPSA) is 64.6 Å². The van der Waals surface area contributed by atoms with Crippen LogP contribution in [-0.2, 0) is 14.3 Å². The zero-order valence-corrected chi connectivity index (χ0v) is 12.3. The molecule has 0 saturated heterocycles. The zero-order valence-electron chi connectivity index (χ0n) is 12.3. The van der Waals surface area contributed by atoms with Gasteiger partial charge in [0.1, 0.15) is 11.6 Å². The summed E-state index contributed by atoms with van der Waals surface area (Å²) in [5.74, 6) is -0.433. The fraction of sp³-hybridized carbons (Fsp3) is 0.714. The molecule has 5 nitrogen and oxygen atoms in total. The summed E-state index contributed by atoms with van der Waals surface area (Å²) in [4.78, 5) is 23.4. The molecule has 0 aromatic heterocycles. The normalized spacial score (nSPS) is 12.4. The Bertz CT molecular complexity index is 307. The molecule has 0 aromatic carbocycles. The second kappa shape index (κ2) is 8.56. The highest BCUT2D eigenvalue weighted by atomic mass is 16.6. The quantitative estimate of drug-likeness (QED) is 0.439. The first kappa shape index (κ1) is 17.5. The van der Waals surface area contributed by atoms with E-state index in [1.165, 1.54) is 0 Å². The highest BCUT2D eigenvalue weighted by Crippen LogP contribution is 2.09. The molecule has 0 rings (SSSR count). The third-order valence-corrected chi connectivity index (χ3v) is 2.16. The third-order valence-electron chi connectivity index (χ3n) is 2.16. The van der Waals surface area contributed by atoms with E-state index in [-0.39, 0.29) is 6.61 Å². The molecule has 0 unspecified atom stereocenters. The molecule has 5 heteroatoms.